The third-order valence-corrected chi connectivity index (χ3v) is 3.41. The summed E-state index contributed by atoms with van der Waals surface area (Å²) in [6.45, 7) is 12.2. The lowest BCUT2D eigenvalue weighted by molar-refractivity contribution is 0.301. The van der Waals surface area contributed by atoms with Gasteiger partial charge in [0.05, 0.1) is 0 Å². The minimum Gasteiger partial charge on any atom is -0.399 e. The average Bonchev–Trinajstić information content (AvgIpc) is 2.39. The van der Waals surface area contributed by atoms with Gasteiger partial charge in [-0.3, -0.25) is 0 Å². The van der Waals surface area contributed by atoms with E-state index >= 15 is 0 Å². The van der Waals surface area contributed by atoms with Crippen LogP contribution in [0, 0.1) is 0 Å². The molecular formula is C15H27N3. The van der Waals surface area contributed by atoms with Gasteiger partial charge >= 0.3 is 0 Å². The first-order chi connectivity index (χ1) is 8.71. The van der Waals surface area contributed by atoms with Crippen LogP contribution in [0.2, 0.25) is 0 Å². The molecule has 0 radical (unpaired) electrons. The first-order valence-electron chi connectivity index (χ1n) is 7.04. The van der Waals surface area contributed by atoms with Crippen molar-refractivity contribution in [2.75, 3.05) is 43.4 Å². The van der Waals surface area contributed by atoms with Gasteiger partial charge < -0.3 is 15.5 Å². The standard InChI is InChI=1S/C15H27N3/c1-4-17(5-2)11-8-12-18(6-3)15-10-7-9-14(16)13-15/h7,9-10,13H,4-6,8,11-12,16H2,1-3H3. The number of nitrogen functional groups attached to an aromatic ring is 1. The van der Waals surface area contributed by atoms with Crippen molar-refractivity contribution in [3.63, 3.8) is 0 Å². The average molecular weight is 249 g/mol. The molecule has 0 spiro atoms. The Hall–Kier alpha value is -1.22. The van der Waals surface area contributed by atoms with Crippen molar-refractivity contribution < 1.29 is 0 Å². The van der Waals surface area contributed by atoms with Crippen LogP contribution in [0.4, 0.5) is 11.4 Å². The van der Waals surface area contributed by atoms with Gasteiger partial charge in [0.1, 0.15) is 0 Å². The van der Waals surface area contributed by atoms with Crippen LogP contribution in [0.15, 0.2) is 24.3 Å². The van der Waals surface area contributed by atoms with E-state index in [1.165, 1.54) is 18.7 Å². The maximum Gasteiger partial charge on any atom is 0.0386 e. The molecule has 3 heteroatoms. The zero-order valence-corrected chi connectivity index (χ0v) is 12.0. The second-order valence-corrected chi connectivity index (χ2v) is 4.56. The number of rotatable bonds is 8. The Kier molecular flexibility index (Phi) is 6.58. The molecule has 0 aliphatic rings. The lowest BCUT2D eigenvalue weighted by atomic mass is 10.2. The minimum absolute atomic E-state index is 0.842. The molecule has 0 unspecified atom stereocenters. The van der Waals surface area contributed by atoms with Gasteiger partial charge in [-0.1, -0.05) is 19.9 Å². The SMILES string of the molecule is CCN(CC)CCCN(CC)c1cccc(N)c1. The molecule has 18 heavy (non-hydrogen) atoms. The summed E-state index contributed by atoms with van der Waals surface area (Å²) >= 11 is 0. The molecule has 0 aromatic heterocycles. The number of hydrogen-bond donors (Lipinski definition) is 1. The summed E-state index contributed by atoms with van der Waals surface area (Å²) in [5.41, 5.74) is 7.91. The highest BCUT2D eigenvalue weighted by molar-refractivity contribution is 5.55. The molecule has 0 heterocycles. The molecule has 0 fully saturated rings. The monoisotopic (exact) mass is 249 g/mol. The van der Waals surface area contributed by atoms with Gasteiger partial charge in [-0.2, -0.15) is 0 Å². The number of hydrogen-bond acceptors (Lipinski definition) is 3. The zero-order valence-electron chi connectivity index (χ0n) is 12.0. The van der Waals surface area contributed by atoms with Gasteiger partial charge in [0.25, 0.3) is 0 Å². The van der Waals surface area contributed by atoms with E-state index in [-0.39, 0.29) is 0 Å². The summed E-state index contributed by atoms with van der Waals surface area (Å²) in [4.78, 5) is 4.85. The fraction of sp³-hybridized carbons (Fsp3) is 0.600. The van der Waals surface area contributed by atoms with E-state index in [1.54, 1.807) is 0 Å². The van der Waals surface area contributed by atoms with Crippen molar-refractivity contribution in [2.45, 2.75) is 27.2 Å². The van der Waals surface area contributed by atoms with E-state index in [9.17, 15) is 0 Å². The molecule has 102 valence electrons. The van der Waals surface area contributed by atoms with Crippen molar-refractivity contribution in [1.82, 2.24) is 4.90 Å². The van der Waals surface area contributed by atoms with Crippen molar-refractivity contribution in [3.05, 3.63) is 24.3 Å². The van der Waals surface area contributed by atoms with Crippen LogP contribution < -0.4 is 10.6 Å². The van der Waals surface area contributed by atoms with Crippen LogP contribution in [0.3, 0.4) is 0 Å². The second kappa shape index (κ2) is 7.98. The highest BCUT2D eigenvalue weighted by Gasteiger charge is 2.05. The zero-order chi connectivity index (χ0) is 13.4. The van der Waals surface area contributed by atoms with Crippen LogP contribution in [-0.2, 0) is 0 Å². The molecular weight excluding hydrogens is 222 g/mol. The summed E-state index contributed by atoms with van der Waals surface area (Å²) in [5.74, 6) is 0. The molecule has 2 N–H and O–H groups in total. The van der Waals surface area contributed by atoms with Gasteiger partial charge in [-0.15, -0.1) is 0 Å². The molecule has 0 saturated heterocycles. The Labute approximate surface area is 112 Å². The number of benzene rings is 1. The normalized spacial score (nSPS) is 10.9. The molecule has 1 aromatic rings. The van der Waals surface area contributed by atoms with E-state index in [0.717, 1.165) is 31.9 Å². The van der Waals surface area contributed by atoms with Crippen LogP contribution >= 0.6 is 0 Å². The third-order valence-electron chi connectivity index (χ3n) is 3.41. The lowest BCUT2D eigenvalue weighted by Gasteiger charge is -2.25. The Morgan fingerprint density at radius 2 is 1.72 bits per heavy atom. The van der Waals surface area contributed by atoms with Crippen molar-refractivity contribution >= 4 is 11.4 Å². The van der Waals surface area contributed by atoms with E-state index in [2.05, 4.69) is 42.7 Å². The van der Waals surface area contributed by atoms with Gasteiger partial charge in [0, 0.05) is 24.5 Å². The summed E-state index contributed by atoms with van der Waals surface area (Å²) in [6.07, 6.45) is 1.20. The fourth-order valence-corrected chi connectivity index (χ4v) is 2.22. The van der Waals surface area contributed by atoms with E-state index < -0.39 is 0 Å². The topological polar surface area (TPSA) is 32.5 Å². The maximum atomic E-state index is 5.84. The van der Waals surface area contributed by atoms with Gasteiger partial charge in [-0.05, 0) is 51.2 Å². The number of nitrogens with zero attached hydrogens (tertiary/aromatic N) is 2. The highest BCUT2D eigenvalue weighted by atomic mass is 15.1. The van der Waals surface area contributed by atoms with E-state index in [4.69, 9.17) is 5.73 Å². The van der Waals surface area contributed by atoms with Crippen molar-refractivity contribution in [3.8, 4) is 0 Å². The Morgan fingerprint density at radius 1 is 1.00 bits per heavy atom. The van der Waals surface area contributed by atoms with E-state index in [0.29, 0.717) is 0 Å². The second-order valence-electron chi connectivity index (χ2n) is 4.56. The first kappa shape index (κ1) is 14.8. The number of nitrogens with two attached hydrogens (primary N) is 1. The molecule has 1 aromatic carbocycles. The Balaban J connectivity index is 2.47. The largest absolute Gasteiger partial charge is 0.399 e. The molecule has 1 rings (SSSR count). The first-order valence-corrected chi connectivity index (χ1v) is 7.04. The number of anilines is 2. The Bertz CT molecular complexity index is 334. The van der Waals surface area contributed by atoms with Gasteiger partial charge in [-0.25, -0.2) is 0 Å². The fourth-order valence-electron chi connectivity index (χ4n) is 2.22. The molecule has 0 atom stereocenters. The summed E-state index contributed by atoms with van der Waals surface area (Å²) in [7, 11) is 0. The highest BCUT2D eigenvalue weighted by Crippen LogP contribution is 2.17. The van der Waals surface area contributed by atoms with Crippen LogP contribution in [0.25, 0.3) is 0 Å². The summed E-state index contributed by atoms with van der Waals surface area (Å²) < 4.78 is 0. The molecule has 0 aliphatic carbocycles. The van der Waals surface area contributed by atoms with Crippen molar-refractivity contribution in [1.29, 1.82) is 0 Å². The van der Waals surface area contributed by atoms with Crippen LogP contribution in [0.1, 0.15) is 27.2 Å². The maximum absolute atomic E-state index is 5.84. The predicted molar refractivity (Wildman–Crippen MR) is 81.1 cm³/mol. The molecule has 0 amide bonds. The molecule has 0 bridgehead atoms. The molecule has 0 aliphatic heterocycles. The van der Waals surface area contributed by atoms with Gasteiger partial charge in [0.2, 0.25) is 0 Å². The van der Waals surface area contributed by atoms with Crippen LogP contribution in [-0.4, -0.2) is 37.6 Å². The van der Waals surface area contributed by atoms with Crippen molar-refractivity contribution in [2.24, 2.45) is 0 Å². The van der Waals surface area contributed by atoms with Crippen LogP contribution in [0.5, 0.6) is 0 Å². The van der Waals surface area contributed by atoms with Gasteiger partial charge in [0.15, 0.2) is 0 Å². The third kappa shape index (κ3) is 4.57. The molecule has 3 nitrogen and oxygen atoms in total. The Morgan fingerprint density at radius 3 is 2.28 bits per heavy atom. The van der Waals surface area contributed by atoms with E-state index in [1.807, 2.05) is 12.1 Å². The summed E-state index contributed by atoms with van der Waals surface area (Å²) in [5, 5.41) is 0. The minimum atomic E-state index is 0.842. The predicted octanol–water partition coefficient (Wildman–Crippen LogP) is 2.83. The smallest absolute Gasteiger partial charge is 0.0386 e. The summed E-state index contributed by atoms with van der Waals surface area (Å²) in [6, 6.07) is 8.16. The molecule has 0 saturated carbocycles. The lowest BCUT2D eigenvalue weighted by Crippen LogP contribution is -2.30. The quantitative estimate of drug-likeness (QED) is 0.719.